The number of carboxylic acid groups (broad SMARTS) is 2. The fraction of sp³-hybridized carbons (Fsp3) is 0.467. The molecular weight excluding hydrogens is 432 g/mol. The van der Waals surface area contributed by atoms with Crippen LogP contribution in [0.3, 0.4) is 0 Å². The molecule has 0 aliphatic carbocycles. The topological polar surface area (TPSA) is 135 Å². The van der Waals surface area contributed by atoms with Crippen LogP contribution >= 0.6 is 15.9 Å². The molecule has 0 bridgehead atoms. The van der Waals surface area contributed by atoms with Gasteiger partial charge in [-0.1, -0.05) is 15.9 Å². The van der Waals surface area contributed by atoms with Crippen molar-refractivity contribution in [1.82, 2.24) is 9.21 Å². The Labute approximate surface area is 160 Å². The van der Waals surface area contributed by atoms with E-state index in [9.17, 15) is 13.5 Å². The maximum Gasteiger partial charge on any atom is 0.414 e. The number of halogens is 1. The molecule has 0 amide bonds. The Morgan fingerprint density at radius 3 is 2.12 bits per heavy atom. The minimum atomic E-state index is -3.08. The Bertz CT molecular complexity index is 734. The lowest BCUT2D eigenvalue weighted by molar-refractivity contribution is -0.159. The van der Waals surface area contributed by atoms with Crippen molar-refractivity contribution in [1.29, 1.82) is 0 Å². The number of benzene rings is 1. The summed E-state index contributed by atoms with van der Waals surface area (Å²) >= 11 is 3.39. The fourth-order valence-corrected chi connectivity index (χ4v) is 3.76. The van der Waals surface area contributed by atoms with Crippen LogP contribution in [0.1, 0.15) is 12.5 Å². The first-order valence-electron chi connectivity index (χ1n) is 7.70. The summed E-state index contributed by atoms with van der Waals surface area (Å²) in [7, 11) is -3.08. The second kappa shape index (κ2) is 9.86. The molecule has 1 fully saturated rings. The van der Waals surface area contributed by atoms with Gasteiger partial charge < -0.3 is 15.3 Å². The van der Waals surface area contributed by atoms with Gasteiger partial charge in [0.15, 0.2) is 0 Å². The highest BCUT2D eigenvalue weighted by Crippen LogP contribution is 2.23. The molecule has 1 aromatic rings. The number of piperazine rings is 1. The van der Waals surface area contributed by atoms with E-state index in [0.717, 1.165) is 10.0 Å². The lowest BCUT2D eigenvalue weighted by Gasteiger charge is -2.33. The molecule has 0 spiro atoms. The van der Waals surface area contributed by atoms with Gasteiger partial charge in [-0.15, -0.1) is 0 Å². The molecule has 1 aliphatic heterocycles. The van der Waals surface area contributed by atoms with Crippen LogP contribution in [0.15, 0.2) is 22.7 Å². The maximum absolute atomic E-state index is 11.8. The summed E-state index contributed by atoms with van der Waals surface area (Å²) in [4.78, 5) is 20.4. The lowest BCUT2D eigenvalue weighted by atomic mass is 10.2. The van der Waals surface area contributed by atoms with Gasteiger partial charge in [0.2, 0.25) is 10.0 Å². The molecule has 11 heteroatoms. The summed E-state index contributed by atoms with van der Waals surface area (Å²) in [6.45, 7) is 4.71. The average molecular weight is 453 g/mol. The smallest absolute Gasteiger partial charge is 0.414 e. The third-order valence-electron chi connectivity index (χ3n) is 3.71. The number of sulfonamides is 1. The van der Waals surface area contributed by atoms with Crippen molar-refractivity contribution in [3.05, 3.63) is 28.2 Å². The zero-order valence-corrected chi connectivity index (χ0v) is 16.5. The number of phenols is 1. The quantitative estimate of drug-likeness (QED) is 0.570. The Balaban J connectivity index is 0.000000487. The minimum absolute atomic E-state index is 0.152. The normalized spacial score (nSPS) is 15.8. The van der Waals surface area contributed by atoms with Crippen molar-refractivity contribution in [2.24, 2.45) is 0 Å². The average Bonchev–Trinajstić information content (AvgIpc) is 2.59. The van der Waals surface area contributed by atoms with Crippen molar-refractivity contribution >= 4 is 37.9 Å². The van der Waals surface area contributed by atoms with Gasteiger partial charge in [-0.05, 0) is 25.1 Å². The molecule has 1 aromatic carbocycles. The number of phenolic OH excluding ortho intramolecular Hbond substituents is 1. The maximum atomic E-state index is 11.8. The number of hydrogen-bond donors (Lipinski definition) is 3. The summed E-state index contributed by atoms with van der Waals surface area (Å²) in [5, 5.41) is 24.6. The first-order valence-corrected chi connectivity index (χ1v) is 10.1. The van der Waals surface area contributed by atoms with E-state index in [1.54, 1.807) is 23.4 Å². The van der Waals surface area contributed by atoms with E-state index < -0.39 is 22.0 Å². The SMILES string of the molecule is CCS(=O)(=O)N1CCN(Cc2cc(Br)ccc2O)CC1.O=C(O)C(=O)O. The van der Waals surface area contributed by atoms with E-state index in [1.165, 1.54) is 0 Å². The first-order chi connectivity index (χ1) is 12.1. The van der Waals surface area contributed by atoms with Crippen LogP contribution in [0.4, 0.5) is 0 Å². The van der Waals surface area contributed by atoms with Crippen LogP contribution < -0.4 is 0 Å². The van der Waals surface area contributed by atoms with Crippen molar-refractivity contribution in [2.45, 2.75) is 13.5 Å². The molecule has 1 saturated heterocycles. The van der Waals surface area contributed by atoms with Gasteiger partial charge in [0.1, 0.15) is 5.75 Å². The van der Waals surface area contributed by atoms with E-state index in [2.05, 4.69) is 20.8 Å². The van der Waals surface area contributed by atoms with Crippen molar-refractivity contribution in [3.63, 3.8) is 0 Å². The number of carbonyl (C=O) groups is 2. The summed E-state index contributed by atoms with van der Waals surface area (Å²) in [5.74, 6) is -3.22. The highest BCUT2D eigenvalue weighted by molar-refractivity contribution is 9.10. The van der Waals surface area contributed by atoms with Gasteiger partial charge in [-0.3, -0.25) is 4.90 Å². The zero-order valence-electron chi connectivity index (χ0n) is 14.1. The molecule has 1 aliphatic rings. The molecule has 0 unspecified atom stereocenters. The number of carboxylic acids is 2. The first kappa shape index (κ1) is 22.4. The molecule has 146 valence electrons. The molecule has 1 heterocycles. The number of aromatic hydroxyl groups is 1. The van der Waals surface area contributed by atoms with E-state index in [4.69, 9.17) is 19.8 Å². The highest BCUT2D eigenvalue weighted by Gasteiger charge is 2.25. The van der Waals surface area contributed by atoms with Crippen LogP contribution in [0.25, 0.3) is 0 Å². The number of aliphatic carboxylic acids is 2. The van der Waals surface area contributed by atoms with E-state index in [0.29, 0.717) is 32.7 Å². The van der Waals surface area contributed by atoms with Gasteiger partial charge >= 0.3 is 11.9 Å². The van der Waals surface area contributed by atoms with E-state index in [1.807, 2.05) is 6.07 Å². The third-order valence-corrected chi connectivity index (χ3v) is 6.08. The van der Waals surface area contributed by atoms with E-state index >= 15 is 0 Å². The van der Waals surface area contributed by atoms with Crippen LogP contribution in [0.2, 0.25) is 0 Å². The predicted molar refractivity (Wildman–Crippen MR) is 97.4 cm³/mol. The standard InChI is InChI=1S/C13H19BrN2O3S.C2H2O4/c1-2-20(18,19)16-7-5-15(6-8-16)10-11-9-12(14)3-4-13(11)17;3-1(4)2(5)6/h3-4,9,17H,2,5-8,10H2,1H3;(H,3,4)(H,5,6). The molecule has 0 radical (unpaired) electrons. The number of nitrogens with zero attached hydrogens (tertiary/aromatic N) is 2. The predicted octanol–water partition coefficient (Wildman–Crippen LogP) is 0.778. The number of hydrogen-bond acceptors (Lipinski definition) is 6. The zero-order chi connectivity index (χ0) is 19.9. The second-order valence-corrected chi connectivity index (χ2v) is 8.63. The van der Waals surface area contributed by atoms with E-state index in [-0.39, 0.29) is 11.5 Å². The molecule has 0 aromatic heterocycles. The summed E-state index contributed by atoms with van der Waals surface area (Å²) in [5.41, 5.74) is 0.853. The Morgan fingerprint density at radius 2 is 1.65 bits per heavy atom. The second-order valence-electron chi connectivity index (χ2n) is 5.46. The molecule has 26 heavy (non-hydrogen) atoms. The summed E-state index contributed by atoms with van der Waals surface area (Å²) in [6.07, 6.45) is 0. The third kappa shape index (κ3) is 6.90. The van der Waals surface area contributed by atoms with Gasteiger partial charge in [-0.2, -0.15) is 4.31 Å². The molecule has 3 N–H and O–H groups in total. The fourth-order valence-electron chi connectivity index (χ4n) is 2.27. The van der Waals surface area contributed by atoms with Crippen LogP contribution in [-0.4, -0.2) is 76.8 Å². The van der Waals surface area contributed by atoms with Gasteiger partial charge in [-0.25, -0.2) is 18.0 Å². The molecule has 0 atom stereocenters. The highest BCUT2D eigenvalue weighted by atomic mass is 79.9. The Hall–Kier alpha value is -1.69. The number of rotatable bonds is 4. The van der Waals surface area contributed by atoms with Gasteiger partial charge in [0, 0.05) is 42.8 Å². The monoisotopic (exact) mass is 452 g/mol. The Kier molecular flexibility index (Phi) is 8.47. The summed E-state index contributed by atoms with van der Waals surface area (Å²) in [6, 6.07) is 5.35. The van der Waals surface area contributed by atoms with Crippen LogP contribution in [-0.2, 0) is 26.2 Å². The molecule has 2 rings (SSSR count). The largest absolute Gasteiger partial charge is 0.508 e. The van der Waals surface area contributed by atoms with Gasteiger partial charge in [0.05, 0.1) is 5.75 Å². The summed E-state index contributed by atoms with van der Waals surface area (Å²) < 4.78 is 26.0. The molecular formula is C15H21BrN2O7S. The van der Waals surface area contributed by atoms with Crippen LogP contribution in [0, 0.1) is 0 Å². The van der Waals surface area contributed by atoms with Crippen molar-refractivity contribution < 1.29 is 33.3 Å². The minimum Gasteiger partial charge on any atom is -0.508 e. The lowest BCUT2D eigenvalue weighted by Crippen LogP contribution is -2.48. The van der Waals surface area contributed by atoms with Crippen LogP contribution in [0.5, 0.6) is 5.75 Å². The van der Waals surface area contributed by atoms with Crippen molar-refractivity contribution in [2.75, 3.05) is 31.9 Å². The van der Waals surface area contributed by atoms with Gasteiger partial charge in [0.25, 0.3) is 0 Å². The molecule has 9 nitrogen and oxygen atoms in total. The Morgan fingerprint density at radius 1 is 1.12 bits per heavy atom. The molecule has 0 saturated carbocycles. The van der Waals surface area contributed by atoms with Crippen molar-refractivity contribution in [3.8, 4) is 5.75 Å².